The van der Waals surface area contributed by atoms with E-state index >= 15 is 0 Å². The Kier molecular flexibility index (Phi) is 2.67. The minimum absolute atomic E-state index is 0.121. The van der Waals surface area contributed by atoms with Gasteiger partial charge in [-0.1, -0.05) is 0 Å². The Hall–Kier alpha value is -1.29. The molecular formula is C13H17N3O. The zero-order valence-corrected chi connectivity index (χ0v) is 10.0. The van der Waals surface area contributed by atoms with Crippen molar-refractivity contribution in [1.82, 2.24) is 15.3 Å². The predicted molar refractivity (Wildman–Crippen MR) is 63.8 cm³/mol. The molecule has 1 aromatic heterocycles. The summed E-state index contributed by atoms with van der Waals surface area (Å²) in [6, 6.07) is 2.89. The van der Waals surface area contributed by atoms with Gasteiger partial charge in [-0.05, 0) is 38.7 Å². The van der Waals surface area contributed by atoms with Crippen LogP contribution in [0.5, 0.6) is 0 Å². The van der Waals surface area contributed by atoms with Crippen molar-refractivity contribution >= 4 is 5.78 Å². The van der Waals surface area contributed by atoms with E-state index in [-0.39, 0.29) is 11.7 Å². The monoisotopic (exact) mass is 231 g/mol. The van der Waals surface area contributed by atoms with E-state index in [0.717, 1.165) is 18.5 Å². The molecule has 17 heavy (non-hydrogen) atoms. The van der Waals surface area contributed by atoms with Gasteiger partial charge in [0.2, 0.25) is 5.78 Å². The molecule has 0 aliphatic carbocycles. The first-order chi connectivity index (χ1) is 8.22. The molecule has 0 radical (unpaired) electrons. The third kappa shape index (κ3) is 2.09. The minimum atomic E-state index is 0.121. The molecule has 2 bridgehead atoms. The molecule has 0 spiro atoms. The van der Waals surface area contributed by atoms with Gasteiger partial charge in [0.1, 0.15) is 0 Å². The summed E-state index contributed by atoms with van der Waals surface area (Å²) < 4.78 is 0. The van der Waals surface area contributed by atoms with Crippen molar-refractivity contribution < 1.29 is 4.79 Å². The van der Waals surface area contributed by atoms with Crippen molar-refractivity contribution in [2.45, 2.75) is 44.7 Å². The standard InChI is InChI=1S/C13H17N3O/c1-8-4-5-14-13(15-8)12(17)9-6-10-2-3-11(7-9)16-10/h4-5,9-11,16H,2-3,6-7H2,1H3. The Balaban J connectivity index is 1.78. The van der Waals surface area contributed by atoms with E-state index in [4.69, 9.17) is 0 Å². The minimum Gasteiger partial charge on any atom is -0.311 e. The van der Waals surface area contributed by atoms with Crippen LogP contribution >= 0.6 is 0 Å². The number of fused-ring (bicyclic) bond motifs is 2. The van der Waals surface area contributed by atoms with Crippen LogP contribution in [-0.4, -0.2) is 27.8 Å². The number of carbonyl (C=O) groups excluding carboxylic acids is 1. The highest BCUT2D eigenvalue weighted by Crippen LogP contribution is 2.32. The lowest BCUT2D eigenvalue weighted by atomic mass is 9.88. The molecule has 1 aromatic rings. The maximum absolute atomic E-state index is 12.3. The van der Waals surface area contributed by atoms with E-state index in [2.05, 4.69) is 15.3 Å². The summed E-state index contributed by atoms with van der Waals surface area (Å²) in [6.45, 7) is 1.89. The Morgan fingerprint density at radius 1 is 1.35 bits per heavy atom. The van der Waals surface area contributed by atoms with Crippen LogP contribution < -0.4 is 5.32 Å². The number of aryl methyl sites for hydroxylation is 1. The second-order valence-electron chi connectivity index (χ2n) is 5.19. The number of rotatable bonds is 2. The number of nitrogens with one attached hydrogen (secondary N) is 1. The van der Waals surface area contributed by atoms with Gasteiger partial charge in [0.15, 0.2) is 5.82 Å². The van der Waals surface area contributed by atoms with Crippen LogP contribution in [0, 0.1) is 12.8 Å². The van der Waals surface area contributed by atoms with Crippen molar-refractivity contribution in [2.75, 3.05) is 0 Å². The zero-order valence-electron chi connectivity index (χ0n) is 10.0. The Morgan fingerprint density at radius 2 is 2.06 bits per heavy atom. The van der Waals surface area contributed by atoms with Crippen molar-refractivity contribution in [1.29, 1.82) is 0 Å². The summed E-state index contributed by atoms with van der Waals surface area (Å²) in [5, 5.41) is 3.54. The Bertz CT molecular complexity index is 434. The summed E-state index contributed by atoms with van der Waals surface area (Å²) in [6.07, 6.45) is 6.00. The van der Waals surface area contributed by atoms with Crippen LogP contribution in [0.4, 0.5) is 0 Å². The maximum Gasteiger partial charge on any atom is 0.203 e. The van der Waals surface area contributed by atoms with Gasteiger partial charge in [-0.3, -0.25) is 4.79 Å². The van der Waals surface area contributed by atoms with Gasteiger partial charge >= 0.3 is 0 Å². The first-order valence-electron chi connectivity index (χ1n) is 6.32. The number of piperidine rings is 1. The number of carbonyl (C=O) groups is 1. The summed E-state index contributed by atoms with van der Waals surface area (Å²) in [5.74, 6) is 0.652. The first kappa shape index (κ1) is 10.8. The largest absolute Gasteiger partial charge is 0.311 e. The molecule has 2 aliphatic heterocycles. The molecule has 3 rings (SSSR count). The quantitative estimate of drug-likeness (QED) is 0.784. The number of Topliss-reactive ketones (excluding diaryl/α,β-unsaturated/α-hetero) is 1. The molecule has 3 heterocycles. The lowest BCUT2D eigenvalue weighted by molar-refractivity contribution is 0.0864. The molecule has 2 aliphatic rings. The molecule has 0 saturated carbocycles. The fourth-order valence-corrected chi connectivity index (χ4v) is 3.02. The van der Waals surface area contributed by atoms with Crippen molar-refractivity contribution in [3.63, 3.8) is 0 Å². The number of nitrogens with zero attached hydrogens (tertiary/aromatic N) is 2. The lowest BCUT2D eigenvalue weighted by Crippen LogP contribution is -2.40. The highest BCUT2D eigenvalue weighted by Gasteiger charge is 2.37. The third-order valence-corrected chi connectivity index (χ3v) is 3.86. The predicted octanol–water partition coefficient (Wildman–Crippen LogP) is 1.50. The number of hydrogen-bond donors (Lipinski definition) is 1. The fourth-order valence-electron chi connectivity index (χ4n) is 3.02. The summed E-state index contributed by atoms with van der Waals surface area (Å²) in [7, 11) is 0. The highest BCUT2D eigenvalue weighted by molar-refractivity contribution is 5.94. The van der Waals surface area contributed by atoms with Crippen molar-refractivity contribution in [3.8, 4) is 0 Å². The van der Waals surface area contributed by atoms with Crippen molar-refractivity contribution in [3.05, 3.63) is 23.8 Å². The second-order valence-corrected chi connectivity index (χ2v) is 5.19. The van der Waals surface area contributed by atoms with E-state index in [1.807, 2.05) is 13.0 Å². The van der Waals surface area contributed by atoms with Gasteiger partial charge < -0.3 is 5.32 Å². The molecule has 0 amide bonds. The summed E-state index contributed by atoms with van der Waals surface area (Å²) >= 11 is 0. The van der Waals surface area contributed by atoms with Gasteiger partial charge in [0.25, 0.3) is 0 Å². The van der Waals surface area contributed by atoms with Crippen LogP contribution in [0.2, 0.25) is 0 Å². The lowest BCUT2D eigenvalue weighted by Gasteiger charge is -2.27. The van der Waals surface area contributed by atoms with Gasteiger partial charge in [0.05, 0.1) is 0 Å². The first-order valence-corrected chi connectivity index (χ1v) is 6.32. The Morgan fingerprint density at radius 3 is 2.71 bits per heavy atom. The van der Waals surface area contributed by atoms with Crippen LogP contribution in [0.1, 0.15) is 42.0 Å². The molecule has 90 valence electrons. The molecule has 4 heteroatoms. The molecule has 0 aromatic carbocycles. The molecular weight excluding hydrogens is 214 g/mol. The maximum atomic E-state index is 12.3. The number of hydrogen-bond acceptors (Lipinski definition) is 4. The third-order valence-electron chi connectivity index (χ3n) is 3.86. The number of ketones is 1. The van der Waals surface area contributed by atoms with Gasteiger partial charge in [-0.15, -0.1) is 0 Å². The van der Waals surface area contributed by atoms with E-state index in [9.17, 15) is 4.79 Å². The smallest absolute Gasteiger partial charge is 0.203 e. The molecule has 4 nitrogen and oxygen atoms in total. The average Bonchev–Trinajstić information content (AvgIpc) is 2.67. The van der Waals surface area contributed by atoms with E-state index in [0.29, 0.717) is 17.9 Å². The van der Waals surface area contributed by atoms with E-state index < -0.39 is 0 Å². The van der Waals surface area contributed by atoms with Crippen molar-refractivity contribution in [2.24, 2.45) is 5.92 Å². The average molecular weight is 231 g/mol. The topological polar surface area (TPSA) is 54.9 Å². The zero-order chi connectivity index (χ0) is 11.8. The number of aromatic nitrogens is 2. The second kappa shape index (κ2) is 4.18. The van der Waals surface area contributed by atoms with Gasteiger partial charge in [0, 0.05) is 29.9 Å². The SMILES string of the molecule is Cc1ccnc(C(=O)C2CC3CCC(C2)N3)n1. The highest BCUT2D eigenvalue weighted by atomic mass is 16.1. The molecule has 2 atom stereocenters. The fraction of sp³-hybridized carbons (Fsp3) is 0.615. The Labute approximate surface area is 101 Å². The van der Waals surface area contributed by atoms with Gasteiger partial charge in [-0.25, -0.2) is 9.97 Å². The summed E-state index contributed by atoms with van der Waals surface area (Å²) in [4.78, 5) is 20.7. The van der Waals surface area contributed by atoms with Crippen LogP contribution in [0.25, 0.3) is 0 Å². The molecule has 2 fully saturated rings. The summed E-state index contributed by atoms with van der Waals surface area (Å²) in [5.41, 5.74) is 0.861. The molecule has 2 unspecified atom stereocenters. The van der Waals surface area contributed by atoms with Crippen LogP contribution in [0.15, 0.2) is 12.3 Å². The normalized spacial score (nSPS) is 31.5. The molecule has 2 saturated heterocycles. The van der Waals surface area contributed by atoms with Gasteiger partial charge in [-0.2, -0.15) is 0 Å². The van der Waals surface area contributed by atoms with Crippen LogP contribution in [0.3, 0.4) is 0 Å². The van der Waals surface area contributed by atoms with Crippen LogP contribution in [-0.2, 0) is 0 Å². The van der Waals surface area contributed by atoms with E-state index in [1.165, 1.54) is 12.8 Å². The molecule has 1 N–H and O–H groups in total. The van der Waals surface area contributed by atoms with E-state index in [1.54, 1.807) is 6.20 Å².